The summed E-state index contributed by atoms with van der Waals surface area (Å²) in [5, 5.41) is 2.44. The number of hydrogen-bond donors (Lipinski definition) is 1. The number of benzene rings is 1. The van der Waals surface area contributed by atoms with Crippen LogP contribution in [-0.2, 0) is 4.79 Å². The van der Waals surface area contributed by atoms with Crippen LogP contribution in [-0.4, -0.2) is 5.91 Å². The molecule has 1 aromatic rings. The Morgan fingerprint density at radius 2 is 2.06 bits per heavy atom. The molecule has 0 bridgehead atoms. The summed E-state index contributed by atoms with van der Waals surface area (Å²) in [6, 6.07) is 1.99. The standard InChI is InChI=1S/C13H12BrF2NO/c14-9-6-11(16)12(7-10(9)15)17-13(18)8-4-2-1-3-5-8/h1-2,6-8H,3-5H2,(H,17,18). The van der Waals surface area contributed by atoms with Crippen molar-refractivity contribution in [2.75, 3.05) is 5.32 Å². The Bertz CT molecular complexity index is 502. The van der Waals surface area contributed by atoms with E-state index in [1.54, 1.807) is 0 Å². The topological polar surface area (TPSA) is 29.1 Å². The van der Waals surface area contributed by atoms with Gasteiger partial charge in [0.2, 0.25) is 5.91 Å². The monoisotopic (exact) mass is 315 g/mol. The van der Waals surface area contributed by atoms with Crippen molar-refractivity contribution >= 4 is 27.5 Å². The molecule has 1 aliphatic rings. The molecule has 0 heterocycles. The van der Waals surface area contributed by atoms with Crippen LogP contribution >= 0.6 is 15.9 Å². The summed E-state index contributed by atoms with van der Waals surface area (Å²) in [4.78, 5) is 11.9. The van der Waals surface area contributed by atoms with E-state index < -0.39 is 11.6 Å². The first-order valence-corrected chi connectivity index (χ1v) is 6.47. The zero-order valence-corrected chi connectivity index (χ0v) is 11.1. The average Bonchev–Trinajstić information content (AvgIpc) is 2.37. The summed E-state index contributed by atoms with van der Waals surface area (Å²) >= 11 is 2.89. The highest BCUT2D eigenvalue weighted by Gasteiger charge is 2.20. The molecule has 2 rings (SSSR count). The quantitative estimate of drug-likeness (QED) is 0.648. The van der Waals surface area contributed by atoms with Gasteiger partial charge in [-0.05, 0) is 41.3 Å². The number of nitrogens with one attached hydrogen (secondary N) is 1. The normalized spacial score (nSPS) is 18.7. The molecule has 2 nitrogen and oxygen atoms in total. The Morgan fingerprint density at radius 1 is 1.28 bits per heavy atom. The molecule has 0 saturated carbocycles. The zero-order valence-electron chi connectivity index (χ0n) is 9.55. The van der Waals surface area contributed by atoms with Gasteiger partial charge in [-0.1, -0.05) is 12.2 Å². The minimum atomic E-state index is -0.650. The first-order valence-electron chi connectivity index (χ1n) is 5.68. The van der Waals surface area contributed by atoms with Gasteiger partial charge in [-0.15, -0.1) is 0 Å². The highest BCUT2D eigenvalue weighted by atomic mass is 79.9. The lowest BCUT2D eigenvalue weighted by Crippen LogP contribution is -2.24. The van der Waals surface area contributed by atoms with E-state index in [-0.39, 0.29) is 22.0 Å². The van der Waals surface area contributed by atoms with Gasteiger partial charge in [-0.3, -0.25) is 4.79 Å². The van der Waals surface area contributed by atoms with Crippen LogP contribution in [0, 0.1) is 17.6 Å². The van der Waals surface area contributed by atoms with E-state index in [4.69, 9.17) is 0 Å². The van der Waals surface area contributed by atoms with Crippen molar-refractivity contribution in [3.05, 3.63) is 40.4 Å². The molecule has 5 heteroatoms. The summed E-state index contributed by atoms with van der Waals surface area (Å²) in [6.45, 7) is 0. The molecule has 0 saturated heterocycles. The second-order valence-corrected chi connectivity index (χ2v) is 5.07. The number of anilines is 1. The smallest absolute Gasteiger partial charge is 0.227 e. The van der Waals surface area contributed by atoms with E-state index >= 15 is 0 Å². The highest BCUT2D eigenvalue weighted by molar-refractivity contribution is 9.10. The molecule has 0 radical (unpaired) electrons. The molecule has 0 spiro atoms. The van der Waals surface area contributed by atoms with E-state index in [1.807, 2.05) is 12.2 Å². The molecule has 1 N–H and O–H groups in total. The summed E-state index contributed by atoms with van der Waals surface area (Å²) < 4.78 is 26.8. The first kappa shape index (κ1) is 13.2. The van der Waals surface area contributed by atoms with Crippen molar-refractivity contribution in [3.63, 3.8) is 0 Å². The van der Waals surface area contributed by atoms with Crippen LogP contribution in [0.3, 0.4) is 0 Å². The van der Waals surface area contributed by atoms with E-state index in [1.165, 1.54) is 0 Å². The Morgan fingerprint density at radius 3 is 2.72 bits per heavy atom. The van der Waals surface area contributed by atoms with Gasteiger partial charge >= 0.3 is 0 Å². The van der Waals surface area contributed by atoms with E-state index in [2.05, 4.69) is 21.2 Å². The minimum Gasteiger partial charge on any atom is -0.323 e. The van der Waals surface area contributed by atoms with Gasteiger partial charge in [0, 0.05) is 12.0 Å². The van der Waals surface area contributed by atoms with Crippen LogP contribution < -0.4 is 5.32 Å². The summed E-state index contributed by atoms with van der Waals surface area (Å²) in [6.07, 6.45) is 6.18. The van der Waals surface area contributed by atoms with Crippen molar-refractivity contribution < 1.29 is 13.6 Å². The van der Waals surface area contributed by atoms with Crippen molar-refractivity contribution in [3.8, 4) is 0 Å². The molecule has 0 aromatic heterocycles. The fourth-order valence-electron chi connectivity index (χ4n) is 1.88. The molecule has 1 amide bonds. The number of carbonyl (C=O) groups excluding carboxylic acids is 1. The van der Waals surface area contributed by atoms with E-state index in [0.717, 1.165) is 25.0 Å². The average molecular weight is 316 g/mol. The number of carbonyl (C=O) groups is 1. The number of amides is 1. The predicted octanol–water partition coefficient (Wildman–Crippen LogP) is 4.02. The molecule has 1 aromatic carbocycles. The van der Waals surface area contributed by atoms with Crippen LogP contribution in [0.1, 0.15) is 19.3 Å². The lowest BCUT2D eigenvalue weighted by molar-refractivity contribution is -0.120. The maximum Gasteiger partial charge on any atom is 0.227 e. The van der Waals surface area contributed by atoms with Crippen molar-refractivity contribution in [1.82, 2.24) is 0 Å². The van der Waals surface area contributed by atoms with E-state index in [0.29, 0.717) is 6.42 Å². The summed E-state index contributed by atoms with van der Waals surface area (Å²) in [5.41, 5.74) is -0.116. The van der Waals surface area contributed by atoms with E-state index in [9.17, 15) is 13.6 Å². The molecule has 18 heavy (non-hydrogen) atoms. The lowest BCUT2D eigenvalue weighted by Gasteiger charge is -2.17. The molecule has 1 unspecified atom stereocenters. The summed E-state index contributed by atoms with van der Waals surface area (Å²) in [5.74, 6) is -1.68. The largest absolute Gasteiger partial charge is 0.323 e. The minimum absolute atomic E-state index is 0.0404. The fraction of sp³-hybridized carbons (Fsp3) is 0.308. The van der Waals surface area contributed by atoms with Crippen LogP contribution in [0.25, 0.3) is 0 Å². The number of hydrogen-bond acceptors (Lipinski definition) is 1. The molecule has 1 atom stereocenters. The van der Waals surface area contributed by atoms with Gasteiger partial charge in [0.1, 0.15) is 11.6 Å². The maximum atomic E-state index is 13.5. The van der Waals surface area contributed by atoms with Gasteiger partial charge in [0.15, 0.2) is 0 Å². The SMILES string of the molecule is O=C(Nc1cc(F)c(Br)cc1F)C1CC=CCC1. The molecule has 1 aliphatic carbocycles. The predicted molar refractivity (Wildman–Crippen MR) is 69.2 cm³/mol. The van der Waals surface area contributed by atoms with Crippen LogP contribution in [0.4, 0.5) is 14.5 Å². The maximum absolute atomic E-state index is 13.5. The summed E-state index contributed by atoms with van der Waals surface area (Å²) in [7, 11) is 0. The third kappa shape index (κ3) is 2.96. The zero-order chi connectivity index (χ0) is 13.1. The van der Waals surface area contributed by atoms with Gasteiger partial charge in [-0.2, -0.15) is 0 Å². The number of rotatable bonds is 2. The Hall–Kier alpha value is -1.23. The molecule has 0 fully saturated rings. The van der Waals surface area contributed by atoms with Gasteiger partial charge in [-0.25, -0.2) is 8.78 Å². The van der Waals surface area contributed by atoms with Crippen LogP contribution in [0.2, 0.25) is 0 Å². The number of halogens is 3. The first-order chi connectivity index (χ1) is 8.58. The van der Waals surface area contributed by atoms with Crippen molar-refractivity contribution in [1.29, 1.82) is 0 Å². The van der Waals surface area contributed by atoms with Crippen molar-refractivity contribution in [2.24, 2.45) is 5.92 Å². The van der Waals surface area contributed by atoms with Crippen LogP contribution in [0.5, 0.6) is 0 Å². The molecular formula is C13H12BrF2NO. The second kappa shape index (κ2) is 5.61. The second-order valence-electron chi connectivity index (χ2n) is 4.22. The fourth-order valence-corrected chi connectivity index (χ4v) is 2.20. The Balaban J connectivity index is 2.11. The Kier molecular flexibility index (Phi) is 4.11. The van der Waals surface area contributed by atoms with Crippen LogP contribution in [0.15, 0.2) is 28.8 Å². The lowest BCUT2D eigenvalue weighted by atomic mass is 9.93. The van der Waals surface area contributed by atoms with Gasteiger partial charge in [0.25, 0.3) is 0 Å². The molecule has 0 aliphatic heterocycles. The molecular weight excluding hydrogens is 304 g/mol. The third-order valence-corrected chi connectivity index (χ3v) is 3.52. The third-order valence-electron chi connectivity index (χ3n) is 2.91. The molecule has 96 valence electrons. The van der Waals surface area contributed by atoms with Crippen molar-refractivity contribution in [2.45, 2.75) is 19.3 Å². The highest BCUT2D eigenvalue weighted by Crippen LogP contribution is 2.25. The van der Waals surface area contributed by atoms with Gasteiger partial charge < -0.3 is 5.32 Å². The van der Waals surface area contributed by atoms with Gasteiger partial charge in [0.05, 0.1) is 10.2 Å². The Labute approximate surface area is 112 Å². The number of allylic oxidation sites excluding steroid dienone is 2.